The first-order chi connectivity index (χ1) is 15.5. The zero-order chi connectivity index (χ0) is 22.7. The third-order valence-electron chi connectivity index (χ3n) is 5.05. The van der Waals surface area contributed by atoms with E-state index in [-0.39, 0.29) is 17.2 Å². The van der Waals surface area contributed by atoms with Crippen molar-refractivity contribution >= 4 is 44.9 Å². The minimum absolute atomic E-state index is 0.127. The van der Waals surface area contributed by atoms with Crippen molar-refractivity contribution in [3.8, 4) is 11.4 Å². The summed E-state index contributed by atoms with van der Waals surface area (Å²) in [7, 11) is 1.59. The van der Waals surface area contributed by atoms with Crippen molar-refractivity contribution in [1.82, 2.24) is 9.55 Å². The van der Waals surface area contributed by atoms with Crippen LogP contribution in [0.1, 0.15) is 17.4 Å². The van der Waals surface area contributed by atoms with E-state index in [0.717, 1.165) is 22.5 Å². The number of hydrogen-bond acceptors (Lipinski definition) is 6. The minimum Gasteiger partial charge on any atom is -0.497 e. The first-order valence-electron chi connectivity index (χ1n) is 10.2. The van der Waals surface area contributed by atoms with Crippen molar-refractivity contribution < 1.29 is 9.53 Å². The van der Waals surface area contributed by atoms with E-state index in [0.29, 0.717) is 26.8 Å². The van der Waals surface area contributed by atoms with Gasteiger partial charge < -0.3 is 10.1 Å². The summed E-state index contributed by atoms with van der Waals surface area (Å²) in [6, 6.07) is 16.6. The van der Waals surface area contributed by atoms with E-state index in [4.69, 9.17) is 9.72 Å². The Balaban J connectivity index is 1.75. The van der Waals surface area contributed by atoms with Crippen LogP contribution in [0, 0.1) is 6.92 Å². The molecule has 2 heterocycles. The Bertz CT molecular complexity index is 1330. The molecular weight excluding hydrogens is 442 g/mol. The number of thioether (sulfide) groups is 1. The van der Waals surface area contributed by atoms with Crippen LogP contribution in [0.15, 0.2) is 64.5 Å². The summed E-state index contributed by atoms with van der Waals surface area (Å²) < 4.78 is 6.92. The van der Waals surface area contributed by atoms with Crippen molar-refractivity contribution in [2.45, 2.75) is 25.4 Å². The molecule has 32 heavy (non-hydrogen) atoms. The second kappa shape index (κ2) is 9.58. The topological polar surface area (TPSA) is 73.2 Å². The molecule has 4 aromatic rings. The molecule has 1 N–H and O–H groups in total. The Morgan fingerprint density at radius 1 is 1.19 bits per heavy atom. The van der Waals surface area contributed by atoms with Gasteiger partial charge >= 0.3 is 0 Å². The van der Waals surface area contributed by atoms with E-state index < -0.39 is 0 Å². The standard InChI is InChI=1S/C24H23N3O3S2/c1-4-19-15(2)21-22(32-19)26-24(31-14-20(28)25-16-9-6-5-7-10-16)27(23(21)29)17-11-8-12-18(13-17)30-3/h5-13H,4,14H2,1-3H3,(H,25,28). The molecule has 164 valence electrons. The molecule has 4 rings (SSSR count). The number of nitrogens with zero attached hydrogens (tertiary/aromatic N) is 2. The number of aromatic nitrogens is 2. The Hall–Kier alpha value is -3.10. The number of carbonyl (C=O) groups is 1. The molecule has 0 saturated heterocycles. The van der Waals surface area contributed by atoms with Crippen LogP contribution >= 0.6 is 23.1 Å². The van der Waals surface area contributed by atoms with Gasteiger partial charge in [-0.2, -0.15) is 0 Å². The van der Waals surface area contributed by atoms with Gasteiger partial charge in [-0.15, -0.1) is 11.3 Å². The number of hydrogen-bond donors (Lipinski definition) is 1. The SMILES string of the molecule is CCc1sc2nc(SCC(=O)Nc3ccccc3)n(-c3cccc(OC)c3)c(=O)c2c1C. The Morgan fingerprint density at radius 2 is 1.97 bits per heavy atom. The number of fused-ring (bicyclic) bond motifs is 1. The lowest BCUT2D eigenvalue weighted by Gasteiger charge is -2.13. The number of carbonyl (C=O) groups excluding carboxylic acids is 1. The van der Waals surface area contributed by atoms with Crippen molar-refractivity contribution in [3.05, 3.63) is 75.4 Å². The van der Waals surface area contributed by atoms with Crippen LogP contribution in [0.2, 0.25) is 0 Å². The highest BCUT2D eigenvalue weighted by atomic mass is 32.2. The van der Waals surface area contributed by atoms with Gasteiger partial charge in [-0.1, -0.05) is 43.0 Å². The van der Waals surface area contributed by atoms with Crippen molar-refractivity contribution in [1.29, 1.82) is 0 Å². The van der Waals surface area contributed by atoms with Crippen molar-refractivity contribution in [2.24, 2.45) is 0 Å². The van der Waals surface area contributed by atoms with E-state index in [1.165, 1.54) is 23.1 Å². The smallest absolute Gasteiger partial charge is 0.267 e. The van der Waals surface area contributed by atoms with E-state index in [1.54, 1.807) is 17.7 Å². The van der Waals surface area contributed by atoms with Crippen molar-refractivity contribution in [2.75, 3.05) is 18.2 Å². The van der Waals surface area contributed by atoms with Gasteiger partial charge in [0.2, 0.25) is 5.91 Å². The fraction of sp³-hybridized carbons (Fsp3) is 0.208. The number of methoxy groups -OCH3 is 1. The molecule has 2 aromatic heterocycles. The van der Waals surface area contributed by atoms with E-state index in [9.17, 15) is 9.59 Å². The second-order valence-corrected chi connectivity index (χ2v) is 9.15. The number of benzene rings is 2. The average molecular weight is 466 g/mol. The Labute approximate surface area is 194 Å². The number of anilines is 1. The highest BCUT2D eigenvalue weighted by molar-refractivity contribution is 7.99. The Kier molecular flexibility index (Phi) is 6.62. The molecule has 0 aliphatic rings. The van der Waals surface area contributed by atoms with Crippen LogP contribution in [0.4, 0.5) is 5.69 Å². The fourth-order valence-corrected chi connectivity index (χ4v) is 5.44. The first-order valence-corrected chi connectivity index (χ1v) is 12.0. The van der Waals surface area contributed by atoms with E-state index in [2.05, 4.69) is 12.2 Å². The van der Waals surface area contributed by atoms with Crippen LogP contribution in [-0.2, 0) is 11.2 Å². The van der Waals surface area contributed by atoms with Gasteiger partial charge in [0.05, 0.1) is 23.9 Å². The molecule has 8 heteroatoms. The summed E-state index contributed by atoms with van der Waals surface area (Å²) in [4.78, 5) is 32.8. The highest BCUT2D eigenvalue weighted by Crippen LogP contribution is 2.31. The molecule has 0 aliphatic heterocycles. The molecule has 6 nitrogen and oxygen atoms in total. The van der Waals surface area contributed by atoms with Gasteiger partial charge in [0.1, 0.15) is 10.6 Å². The molecule has 0 aliphatic carbocycles. The third-order valence-corrected chi connectivity index (χ3v) is 7.32. The van der Waals surface area contributed by atoms with Gasteiger partial charge in [-0.05, 0) is 43.2 Å². The first kappa shape index (κ1) is 22.1. The molecule has 0 radical (unpaired) electrons. The van der Waals surface area contributed by atoms with E-state index in [1.807, 2.05) is 55.5 Å². The summed E-state index contributed by atoms with van der Waals surface area (Å²) >= 11 is 2.78. The maximum atomic E-state index is 13.6. The molecule has 0 unspecified atom stereocenters. The summed E-state index contributed by atoms with van der Waals surface area (Å²) in [5.74, 6) is 0.606. The largest absolute Gasteiger partial charge is 0.497 e. The van der Waals surface area contributed by atoms with Gasteiger partial charge in [0, 0.05) is 16.6 Å². The quantitative estimate of drug-likeness (QED) is 0.305. The van der Waals surface area contributed by atoms with Gasteiger partial charge in [0.15, 0.2) is 5.16 Å². The number of amides is 1. The van der Waals surface area contributed by atoms with E-state index >= 15 is 0 Å². The maximum absolute atomic E-state index is 13.6. The summed E-state index contributed by atoms with van der Waals surface area (Å²) in [6.45, 7) is 4.04. The maximum Gasteiger partial charge on any atom is 0.267 e. The lowest BCUT2D eigenvalue weighted by atomic mass is 10.2. The molecule has 0 fully saturated rings. The van der Waals surface area contributed by atoms with Crippen molar-refractivity contribution in [3.63, 3.8) is 0 Å². The lowest BCUT2D eigenvalue weighted by molar-refractivity contribution is -0.113. The normalized spacial score (nSPS) is 11.0. The average Bonchev–Trinajstić information content (AvgIpc) is 3.14. The molecule has 1 amide bonds. The van der Waals surface area contributed by atoms with Gasteiger partial charge in [0.25, 0.3) is 5.56 Å². The van der Waals surface area contributed by atoms with Crippen LogP contribution in [0.25, 0.3) is 15.9 Å². The zero-order valence-corrected chi connectivity index (χ0v) is 19.7. The second-order valence-electron chi connectivity index (χ2n) is 7.12. The fourth-order valence-electron chi connectivity index (χ4n) is 3.47. The van der Waals surface area contributed by atoms with Gasteiger partial charge in [-0.25, -0.2) is 4.98 Å². The van der Waals surface area contributed by atoms with Crippen LogP contribution < -0.4 is 15.6 Å². The zero-order valence-electron chi connectivity index (χ0n) is 18.0. The van der Waals surface area contributed by atoms with Gasteiger partial charge in [-0.3, -0.25) is 14.2 Å². The minimum atomic E-state index is -0.163. The summed E-state index contributed by atoms with van der Waals surface area (Å²) in [5, 5.41) is 3.98. The lowest BCUT2D eigenvalue weighted by Crippen LogP contribution is -2.23. The molecule has 2 aromatic carbocycles. The number of rotatable bonds is 7. The number of ether oxygens (including phenoxy) is 1. The van der Waals surface area contributed by atoms with Crippen LogP contribution in [0.3, 0.4) is 0 Å². The predicted octanol–water partition coefficient (Wildman–Crippen LogP) is 5.06. The molecular formula is C24H23N3O3S2. The predicted molar refractivity (Wildman–Crippen MR) is 132 cm³/mol. The number of nitrogens with one attached hydrogen (secondary N) is 1. The molecule has 0 saturated carbocycles. The number of thiophene rings is 1. The Morgan fingerprint density at radius 3 is 2.69 bits per heavy atom. The van der Waals surface area contributed by atoms with Crippen LogP contribution in [-0.4, -0.2) is 28.3 Å². The summed E-state index contributed by atoms with van der Waals surface area (Å²) in [6.07, 6.45) is 0.841. The molecule has 0 atom stereocenters. The number of aryl methyl sites for hydroxylation is 2. The molecule has 0 bridgehead atoms. The third kappa shape index (κ3) is 4.42. The van der Waals surface area contributed by atoms with Crippen LogP contribution in [0.5, 0.6) is 5.75 Å². The summed E-state index contributed by atoms with van der Waals surface area (Å²) in [5.41, 5.74) is 2.22. The molecule has 0 spiro atoms. The number of para-hydroxylation sites is 1. The highest BCUT2D eigenvalue weighted by Gasteiger charge is 2.20. The monoisotopic (exact) mass is 465 g/mol.